The Bertz CT molecular complexity index is 458. The molecule has 6 nitrogen and oxygen atoms in total. The molecule has 1 aliphatic heterocycles. The van der Waals surface area contributed by atoms with Crippen LogP contribution in [-0.4, -0.2) is 41.9 Å². The molecule has 1 aromatic rings. The van der Waals surface area contributed by atoms with E-state index in [4.69, 9.17) is 10.5 Å². The molecule has 1 aromatic heterocycles. The molecule has 0 bridgehead atoms. The van der Waals surface area contributed by atoms with Gasteiger partial charge in [-0.3, -0.25) is 4.79 Å². The Labute approximate surface area is 106 Å². The standard InChI is InChI=1S/C12H20N4O2/c1-9(2)16-4-3-14-11(12(16)17)15-5-6-18-10(7-13)8-15/h3-4,9-10H,5-8,13H2,1-2H3. The monoisotopic (exact) mass is 252 g/mol. The molecule has 100 valence electrons. The highest BCUT2D eigenvalue weighted by Crippen LogP contribution is 2.11. The van der Waals surface area contributed by atoms with Crippen molar-refractivity contribution in [2.24, 2.45) is 5.73 Å². The number of rotatable bonds is 3. The molecule has 0 aromatic carbocycles. The van der Waals surface area contributed by atoms with E-state index in [-0.39, 0.29) is 17.7 Å². The third kappa shape index (κ3) is 2.54. The van der Waals surface area contributed by atoms with Gasteiger partial charge in [-0.05, 0) is 13.8 Å². The molecule has 1 unspecified atom stereocenters. The smallest absolute Gasteiger partial charge is 0.293 e. The quantitative estimate of drug-likeness (QED) is 0.819. The van der Waals surface area contributed by atoms with E-state index in [2.05, 4.69) is 4.98 Å². The van der Waals surface area contributed by atoms with E-state index in [1.54, 1.807) is 17.0 Å². The SMILES string of the molecule is CC(C)n1ccnc(N2CCOC(CN)C2)c1=O. The van der Waals surface area contributed by atoms with Gasteiger partial charge in [-0.2, -0.15) is 0 Å². The summed E-state index contributed by atoms with van der Waals surface area (Å²) in [4.78, 5) is 18.5. The topological polar surface area (TPSA) is 73.4 Å². The molecule has 2 N–H and O–H groups in total. The molecule has 1 atom stereocenters. The number of nitrogens with zero attached hydrogens (tertiary/aromatic N) is 3. The number of ether oxygens (including phenoxy) is 1. The van der Waals surface area contributed by atoms with Gasteiger partial charge in [0.15, 0.2) is 5.82 Å². The molecule has 0 spiro atoms. The maximum Gasteiger partial charge on any atom is 0.293 e. The van der Waals surface area contributed by atoms with E-state index in [0.717, 1.165) is 0 Å². The van der Waals surface area contributed by atoms with Gasteiger partial charge in [0.05, 0.1) is 12.7 Å². The molecule has 1 fully saturated rings. The number of aromatic nitrogens is 2. The van der Waals surface area contributed by atoms with Crippen molar-refractivity contribution >= 4 is 5.82 Å². The summed E-state index contributed by atoms with van der Waals surface area (Å²) in [6.45, 7) is 6.31. The summed E-state index contributed by atoms with van der Waals surface area (Å²) < 4.78 is 7.18. The summed E-state index contributed by atoms with van der Waals surface area (Å²) in [5.74, 6) is 0.493. The highest BCUT2D eigenvalue weighted by atomic mass is 16.5. The van der Waals surface area contributed by atoms with E-state index < -0.39 is 0 Å². The van der Waals surface area contributed by atoms with Gasteiger partial charge in [-0.1, -0.05) is 0 Å². The minimum atomic E-state index is -0.0508. The zero-order chi connectivity index (χ0) is 13.1. The van der Waals surface area contributed by atoms with E-state index >= 15 is 0 Å². The summed E-state index contributed by atoms with van der Waals surface area (Å²) in [5, 5.41) is 0. The van der Waals surface area contributed by atoms with Gasteiger partial charge in [0.2, 0.25) is 0 Å². The Morgan fingerprint density at radius 1 is 1.61 bits per heavy atom. The minimum absolute atomic E-state index is 0.0207. The lowest BCUT2D eigenvalue weighted by Crippen LogP contribution is -2.48. The number of morpholine rings is 1. The van der Waals surface area contributed by atoms with Crippen LogP contribution in [0.25, 0.3) is 0 Å². The van der Waals surface area contributed by atoms with Gasteiger partial charge in [-0.25, -0.2) is 4.98 Å². The van der Waals surface area contributed by atoms with Crippen molar-refractivity contribution in [3.63, 3.8) is 0 Å². The van der Waals surface area contributed by atoms with Crippen molar-refractivity contribution in [1.29, 1.82) is 0 Å². The number of anilines is 1. The van der Waals surface area contributed by atoms with Crippen molar-refractivity contribution < 1.29 is 4.74 Å². The Morgan fingerprint density at radius 3 is 3.06 bits per heavy atom. The van der Waals surface area contributed by atoms with Crippen LogP contribution in [0.5, 0.6) is 0 Å². The number of hydrogen-bond donors (Lipinski definition) is 1. The normalized spacial score (nSPS) is 20.4. The Kier molecular flexibility index (Phi) is 3.98. The van der Waals surface area contributed by atoms with Gasteiger partial charge in [0.1, 0.15) is 0 Å². The van der Waals surface area contributed by atoms with Crippen molar-refractivity contribution in [1.82, 2.24) is 9.55 Å². The Hall–Kier alpha value is -1.40. The van der Waals surface area contributed by atoms with Crippen LogP contribution in [0.3, 0.4) is 0 Å². The van der Waals surface area contributed by atoms with Gasteiger partial charge in [0.25, 0.3) is 5.56 Å². The third-order valence-corrected chi connectivity index (χ3v) is 3.11. The summed E-state index contributed by atoms with van der Waals surface area (Å²) in [6.07, 6.45) is 3.37. The molecule has 1 aliphatic rings. The molecule has 6 heteroatoms. The summed E-state index contributed by atoms with van der Waals surface area (Å²) >= 11 is 0. The van der Waals surface area contributed by atoms with Crippen LogP contribution in [-0.2, 0) is 4.74 Å². The molecule has 18 heavy (non-hydrogen) atoms. The average molecular weight is 252 g/mol. The summed E-state index contributed by atoms with van der Waals surface area (Å²) in [6, 6.07) is 0.130. The van der Waals surface area contributed by atoms with E-state index in [0.29, 0.717) is 32.1 Å². The fourth-order valence-electron chi connectivity index (χ4n) is 2.09. The highest BCUT2D eigenvalue weighted by molar-refractivity contribution is 5.36. The largest absolute Gasteiger partial charge is 0.373 e. The first-order valence-corrected chi connectivity index (χ1v) is 6.27. The molecule has 0 radical (unpaired) electrons. The van der Waals surface area contributed by atoms with Crippen molar-refractivity contribution in [2.75, 3.05) is 31.1 Å². The first-order valence-electron chi connectivity index (χ1n) is 6.27. The molecule has 2 heterocycles. The van der Waals surface area contributed by atoms with Gasteiger partial charge < -0.3 is 19.9 Å². The predicted octanol–water partition coefficient (Wildman–Crippen LogP) is -0.0119. The molecule has 2 rings (SSSR count). The van der Waals surface area contributed by atoms with Crippen LogP contribution in [0, 0.1) is 0 Å². The maximum absolute atomic E-state index is 12.3. The van der Waals surface area contributed by atoms with Gasteiger partial charge >= 0.3 is 0 Å². The predicted molar refractivity (Wildman–Crippen MR) is 69.9 cm³/mol. The van der Waals surface area contributed by atoms with Crippen molar-refractivity contribution in [3.8, 4) is 0 Å². The molecular weight excluding hydrogens is 232 g/mol. The van der Waals surface area contributed by atoms with Gasteiger partial charge in [-0.15, -0.1) is 0 Å². The van der Waals surface area contributed by atoms with Crippen molar-refractivity contribution in [2.45, 2.75) is 26.0 Å². The first-order chi connectivity index (χ1) is 8.63. The number of nitrogens with two attached hydrogens (primary N) is 1. The molecule has 0 amide bonds. The van der Waals surface area contributed by atoms with Crippen LogP contribution in [0.4, 0.5) is 5.82 Å². The second kappa shape index (κ2) is 5.49. The number of hydrogen-bond acceptors (Lipinski definition) is 5. The zero-order valence-corrected chi connectivity index (χ0v) is 10.9. The van der Waals surface area contributed by atoms with E-state index in [1.807, 2.05) is 18.7 Å². The average Bonchev–Trinajstić information content (AvgIpc) is 2.38. The first kappa shape index (κ1) is 13.0. The fourth-order valence-corrected chi connectivity index (χ4v) is 2.09. The third-order valence-electron chi connectivity index (χ3n) is 3.11. The zero-order valence-electron chi connectivity index (χ0n) is 10.9. The lowest BCUT2D eigenvalue weighted by molar-refractivity contribution is 0.0461. The van der Waals surface area contributed by atoms with Crippen LogP contribution < -0.4 is 16.2 Å². The van der Waals surface area contributed by atoms with Crippen molar-refractivity contribution in [3.05, 3.63) is 22.7 Å². The van der Waals surface area contributed by atoms with Crippen LogP contribution in [0.15, 0.2) is 17.2 Å². The van der Waals surface area contributed by atoms with Crippen LogP contribution in [0.2, 0.25) is 0 Å². The van der Waals surface area contributed by atoms with E-state index in [9.17, 15) is 4.79 Å². The lowest BCUT2D eigenvalue weighted by atomic mass is 10.2. The van der Waals surface area contributed by atoms with E-state index in [1.165, 1.54) is 0 Å². The molecule has 1 saturated heterocycles. The summed E-state index contributed by atoms with van der Waals surface area (Å²) in [5.41, 5.74) is 5.55. The van der Waals surface area contributed by atoms with Gasteiger partial charge in [0, 0.05) is 38.1 Å². The summed E-state index contributed by atoms with van der Waals surface area (Å²) in [7, 11) is 0. The maximum atomic E-state index is 12.3. The molecule has 0 saturated carbocycles. The molecular formula is C12H20N4O2. The Balaban J connectivity index is 2.28. The second-order valence-electron chi connectivity index (χ2n) is 4.73. The Morgan fingerprint density at radius 2 is 2.39 bits per heavy atom. The second-order valence-corrected chi connectivity index (χ2v) is 4.73. The molecule has 0 aliphatic carbocycles. The van der Waals surface area contributed by atoms with Crippen LogP contribution >= 0.6 is 0 Å². The fraction of sp³-hybridized carbons (Fsp3) is 0.667. The highest BCUT2D eigenvalue weighted by Gasteiger charge is 2.23. The minimum Gasteiger partial charge on any atom is -0.373 e. The lowest BCUT2D eigenvalue weighted by Gasteiger charge is -2.32. The van der Waals surface area contributed by atoms with Crippen LogP contribution in [0.1, 0.15) is 19.9 Å².